The Morgan fingerprint density at radius 3 is 2.26 bits per heavy atom. The van der Waals surface area contributed by atoms with Crippen LogP contribution < -0.4 is 15.5 Å². The van der Waals surface area contributed by atoms with E-state index in [1.165, 1.54) is 0 Å². The quantitative estimate of drug-likeness (QED) is 0.616. The fraction of sp³-hybridized carbons (Fsp3) is 0.300. The standard InChI is InChI=1S/C20H23N3O4/c1-23(12-13-27-19(26)11-10-18(24)25)15-8-6-14(7-9-15)20-21-16-4-2-3-5-17(16)22-20/h2-9,20-22H,10-13H2,1H3,(H,24,25). The lowest BCUT2D eigenvalue weighted by atomic mass is 10.1. The molecule has 0 saturated carbocycles. The van der Waals surface area contributed by atoms with Crippen molar-refractivity contribution in [3.8, 4) is 0 Å². The maximum Gasteiger partial charge on any atom is 0.306 e. The number of para-hydroxylation sites is 2. The number of rotatable bonds is 8. The van der Waals surface area contributed by atoms with Crippen molar-refractivity contribution < 1.29 is 19.4 Å². The Morgan fingerprint density at radius 1 is 1.04 bits per heavy atom. The van der Waals surface area contributed by atoms with E-state index in [2.05, 4.69) is 22.8 Å². The van der Waals surface area contributed by atoms with E-state index in [4.69, 9.17) is 9.84 Å². The molecule has 0 radical (unpaired) electrons. The number of nitrogens with one attached hydrogen (secondary N) is 2. The second kappa shape index (κ2) is 8.44. The van der Waals surface area contributed by atoms with Gasteiger partial charge in [0.15, 0.2) is 0 Å². The molecule has 7 nitrogen and oxygen atoms in total. The summed E-state index contributed by atoms with van der Waals surface area (Å²) in [6, 6.07) is 16.2. The van der Waals surface area contributed by atoms with Gasteiger partial charge in [-0.25, -0.2) is 0 Å². The Morgan fingerprint density at radius 2 is 1.67 bits per heavy atom. The number of aliphatic carboxylic acids is 1. The number of carboxylic acids is 1. The molecule has 1 aliphatic heterocycles. The monoisotopic (exact) mass is 369 g/mol. The summed E-state index contributed by atoms with van der Waals surface area (Å²) < 4.78 is 5.06. The van der Waals surface area contributed by atoms with Gasteiger partial charge in [-0.3, -0.25) is 9.59 Å². The van der Waals surface area contributed by atoms with Gasteiger partial charge in [0.2, 0.25) is 0 Å². The van der Waals surface area contributed by atoms with Crippen LogP contribution in [0.3, 0.4) is 0 Å². The summed E-state index contributed by atoms with van der Waals surface area (Å²) in [6.45, 7) is 0.751. The van der Waals surface area contributed by atoms with Gasteiger partial charge in [-0.1, -0.05) is 24.3 Å². The molecule has 0 saturated heterocycles. The molecule has 0 bridgehead atoms. The first kappa shape index (κ1) is 18.6. The summed E-state index contributed by atoms with van der Waals surface area (Å²) in [4.78, 5) is 23.9. The normalized spacial score (nSPS) is 12.6. The summed E-state index contributed by atoms with van der Waals surface area (Å²) >= 11 is 0. The maximum absolute atomic E-state index is 11.4. The van der Waals surface area contributed by atoms with Gasteiger partial charge in [0, 0.05) is 12.7 Å². The lowest BCUT2D eigenvalue weighted by Gasteiger charge is -2.20. The lowest BCUT2D eigenvalue weighted by Crippen LogP contribution is -2.24. The number of hydrogen-bond donors (Lipinski definition) is 3. The number of ether oxygens (including phenoxy) is 1. The van der Waals surface area contributed by atoms with Crippen LogP contribution >= 0.6 is 0 Å². The van der Waals surface area contributed by atoms with Crippen molar-refractivity contribution in [2.24, 2.45) is 0 Å². The molecule has 3 N–H and O–H groups in total. The van der Waals surface area contributed by atoms with Crippen LogP contribution in [-0.4, -0.2) is 37.2 Å². The zero-order valence-corrected chi connectivity index (χ0v) is 15.1. The minimum Gasteiger partial charge on any atom is -0.481 e. The number of benzene rings is 2. The fourth-order valence-corrected chi connectivity index (χ4v) is 2.88. The predicted octanol–water partition coefficient (Wildman–Crippen LogP) is 3.07. The van der Waals surface area contributed by atoms with Crippen molar-refractivity contribution in [3.63, 3.8) is 0 Å². The number of carboxylic acid groups (broad SMARTS) is 1. The van der Waals surface area contributed by atoms with Crippen LogP contribution in [-0.2, 0) is 14.3 Å². The molecule has 0 atom stereocenters. The molecule has 1 aliphatic rings. The molecule has 7 heteroatoms. The Labute approximate surface area is 157 Å². The molecule has 0 spiro atoms. The van der Waals surface area contributed by atoms with Crippen LogP contribution in [0.4, 0.5) is 17.1 Å². The van der Waals surface area contributed by atoms with Gasteiger partial charge in [0.05, 0.1) is 30.8 Å². The number of anilines is 3. The van der Waals surface area contributed by atoms with Gasteiger partial charge in [0.1, 0.15) is 12.8 Å². The molecular weight excluding hydrogens is 346 g/mol. The topological polar surface area (TPSA) is 90.9 Å². The second-order valence-electron chi connectivity index (χ2n) is 6.39. The Hall–Kier alpha value is -3.22. The van der Waals surface area contributed by atoms with Gasteiger partial charge in [-0.2, -0.15) is 0 Å². The van der Waals surface area contributed by atoms with Crippen LogP contribution in [0.1, 0.15) is 24.6 Å². The summed E-state index contributed by atoms with van der Waals surface area (Å²) in [5, 5.41) is 15.4. The van der Waals surface area contributed by atoms with Crippen molar-refractivity contribution in [1.82, 2.24) is 0 Å². The summed E-state index contributed by atoms with van der Waals surface area (Å²) in [7, 11) is 1.92. The van der Waals surface area contributed by atoms with Crippen LogP contribution in [0.2, 0.25) is 0 Å². The van der Waals surface area contributed by atoms with E-state index in [9.17, 15) is 9.59 Å². The first-order valence-electron chi connectivity index (χ1n) is 8.83. The van der Waals surface area contributed by atoms with Gasteiger partial charge >= 0.3 is 11.9 Å². The largest absolute Gasteiger partial charge is 0.481 e. The smallest absolute Gasteiger partial charge is 0.306 e. The number of hydrogen-bond acceptors (Lipinski definition) is 6. The second-order valence-corrected chi connectivity index (χ2v) is 6.39. The highest BCUT2D eigenvalue weighted by Gasteiger charge is 2.20. The Kier molecular flexibility index (Phi) is 5.80. The zero-order valence-electron chi connectivity index (χ0n) is 15.1. The summed E-state index contributed by atoms with van der Waals surface area (Å²) in [5.74, 6) is -1.49. The van der Waals surface area contributed by atoms with Crippen molar-refractivity contribution >= 4 is 29.0 Å². The van der Waals surface area contributed by atoms with E-state index in [0.29, 0.717) is 6.54 Å². The first-order valence-corrected chi connectivity index (χ1v) is 8.83. The minimum atomic E-state index is -1.00. The molecule has 0 fully saturated rings. The van der Waals surface area contributed by atoms with E-state index in [1.807, 2.05) is 48.3 Å². The SMILES string of the molecule is CN(CCOC(=O)CCC(=O)O)c1ccc(C2Nc3ccccc3N2)cc1. The Bertz CT molecular complexity index is 782. The third kappa shape index (κ3) is 4.91. The molecule has 2 aromatic rings. The van der Waals surface area contributed by atoms with Crippen LogP contribution in [0.25, 0.3) is 0 Å². The van der Waals surface area contributed by atoms with Crippen molar-refractivity contribution in [3.05, 3.63) is 54.1 Å². The summed E-state index contributed by atoms with van der Waals surface area (Å²) in [5.41, 5.74) is 4.32. The molecule has 3 rings (SSSR count). The zero-order chi connectivity index (χ0) is 19.2. The fourth-order valence-electron chi connectivity index (χ4n) is 2.88. The van der Waals surface area contributed by atoms with Crippen molar-refractivity contribution in [2.75, 3.05) is 35.7 Å². The van der Waals surface area contributed by atoms with E-state index in [1.54, 1.807) is 0 Å². The lowest BCUT2D eigenvalue weighted by molar-refractivity contribution is -0.147. The number of esters is 1. The maximum atomic E-state index is 11.4. The van der Waals surface area contributed by atoms with Gasteiger partial charge < -0.3 is 25.4 Å². The number of fused-ring (bicyclic) bond motifs is 1. The molecule has 0 aliphatic carbocycles. The Balaban J connectivity index is 1.47. The molecule has 2 aromatic carbocycles. The highest BCUT2D eigenvalue weighted by atomic mass is 16.5. The van der Waals surface area contributed by atoms with Crippen LogP contribution in [0.15, 0.2) is 48.5 Å². The average Bonchev–Trinajstić information content (AvgIpc) is 3.10. The number of likely N-dealkylation sites (N-methyl/N-ethyl adjacent to an activating group) is 1. The van der Waals surface area contributed by atoms with E-state index >= 15 is 0 Å². The third-order valence-corrected chi connectivity index (χ3v) is 4.43. The number of carbonyl (C=O) groups excluding carboxylic acids is 1. The third-order valence-electron chi connectivity index (χ3n) is 4.43. The molecule has 1 heterocycles. The number of nitrogens with zero attached hydrogens (tertiary/aromatic N) is 1. The van der Waals surface area contributed by atoms with Crippen LogP contribution in [0.5, 0.6) is 0 Å². The van der Waals surface area contributed by atoms with Gasteiger partial charge in [-0.15, -0.1) is 0 Å². The predicted molar refractivity (Wildman–Crippen MR) is 104 cm³/mol. The number of carbonyl (C=O) groups is 2. The van der Waals surface area contributed by atoms with Gasteiger partial charge in [-0.05, 0) is 29.8 Å². The first-order chi connectivity index (χ1) is 13.0. The van der Waals surface area contributed by atoms with E-state index in [-0.39, 0.29) is 25.6 Å². The van der Waals surface area contributed by atoms with E-state index in [0.717, 1.165) is 22.6 Å². The van der Waals surface area contributed by atoms with Gasteiger partial charge in [0.25, 0.3) is 0 Å². The highest BCUT2D eigenvalue weighted by molar-refractivity contribution is 5.76. The molecule has 0 amide bonds. The minimum absolute atomic E-state index is 0.0388. The van der Waals surface area contributed by atoms with Crippen molar-refractivity contribution in [2.45, 2.75) is 19.0 Å². The molecule has 0 aromatic heterocycles. The van der Waals surface area contributed by atoms with Crippen LogP contribution in [0, 0.1) is 0 Å². The molecular formula is C20H23N3O4. The molecule has 0 unspecified atom stereocenters. The van der Waals surface area contributed by atoms with E-state index < -0.39 is 11.9 Å². The molecule has 27 heavy (non-hydrogen) atoms. The highest BCUT2D eigenvalue weighted by Crippen LogP contribution is 2.35. The molecule has 142 valence electrons. The average molecular weight is 369 g/mol. The van der Waals surface area contributed by atoms with Crippen molar-refractivity contribution in [1.29, 1.82) is 0 Å². The summed E-state index contributed by atoms with van der Waals surface area (Å²) in [6.07, 6.45) is -0.266.